The number of alkyl halides is 2. The van der Waals surface area contributed by atoms with E-state index in [1.54, 1.807) is 25.2 Å². The molecule has 0 amide bonds. The van der Waals surface area contributed by atoms with Crippen molar-refractivity contribution in [2.45, 2.75) is 59.5 Å². The second kappa shape index (κ2) is 12.8. The third-order valence-corrected chi connectivity index (χ3v) is 4.23. The maximum atomic E-state index is 14.2. The standard InChI is InChI=1S/C23H30F4N2O/c1-4-6-8-16(12-22(25)26)18(15(3)28)13-17(9-7-5-2)30-14-19-20(24)10-11-21(29)23(19)27/h7-11,13,22H,4-6,12,14,28-29H2,1-3H3/b9-7+,16-8-,17-13+,18-15-. The quantitative estimate of drug-likeness (QED) is 0.183. The first-order valence-electron chi connectivity index (χ1n) is 9.88. The monoisotopic (exact) mass is 426 g/mol. The lowest BCUT2D eigenvalue weighted by molar-refractivity contribution is 0.149. The van der Waals surface area contributed by atoms with Crippen LogP contribution in [-0.2, 0) is 11.3 Å². The predicted octanol–water partition coefficient (Wildman–Crippen LogP) is 6.53. The van der Waals surface area contributed by atoms with Crippen molar-refractivity contribution >= 4 is 5.69 Å². The molecule has 0 saturated carbocycles. The van der Waals surface area contributed by atoms with Crippen molar-refractivity contribution in [3.05, 3.63) is 76.2 Å². The van der Waals surface area contributed by atoms with E-state index in [0.717, 1.165) is 18.6 Å². The average Bonchev–Trinajstić information content (AvgIpc) is 2.69. The molecule has 0 bridgehead atoms. The van der Waals surface area contributed by atoms with E-state index in [9.17, 15) is 17.6 Å². The Kier molecular flexibility index (Phi) is 10.8. The second-order valence-corrected chi connectivity index (χ2v) is 6.79. The number of ether oxygens (including phenoxy) is 1. The van der Waals surface area contributed by atoms with E-state index in [0.29, 0.717) is 29.7 Å². The summed E-state index contributed by atoms with van der Waals surface area (Å²) < 4.78 is 60.0. The first-order valence-corrected chi connectivity index (χ1v) is 9.88. The zero-order valence-electron chi connectivity index (χ0n) is 17.7. The van der Waals surface area contributed by atoms with Crippen molar-refractivity contribution in [1.29, 1.82) is 0 Å². The molecule has 1 rings (SSSR count). The molecule has 0 spiro atoms. The van der Waals surface area contributed by atoms with Crippen LogP contribution in [0.3, 0.4) is 0 Å². The van der Waals surface area contributed by atoms with Gasteiger partial charge in [-0.1, -0.05) is 32.4 Å². The third-order valence-electron chi connectivity index (χ3n) is 4.23. The van der Waals surface area contributed by atoms with Crippen molar-refractivity contribution in [3.63, 3.8) is 0 Å². The fraction of sp³-hybridized carbons (Fsp3) is 0.391. The summed E-state index contributed by atoms with van der Waals surface area (Å²) in [6.07, 6.45) is 5.74. The van der Waals surface area contributed by atoms with Gasteiger partial charge in [0, 0.05) is 12.1 Å². The molecule has 4 N–H and O–H groups in total. The first-order chi connectivity index (χ1) is 14.2. The Hall–Kier alpha value is -2.70. The van der Waals surface area contributed by atoms with Crippen LogP contribution in [0.1, 0.15) is 52.0 Å². The number of hydrogen-bond donors (Lipinski definition) is 2. The van der Waals surface area contributed by atoms with Crippen LogP contribution >= 0.6 is 0 Å². The van der Waals surface area contributed by atoms with Gasteiger partial charge < -0.3 is 16.2 Å². The Balaban J connectivity index is 3.31. The summed E-state index contributed by atoms with van der Waals surface area (Å²) in [7, 11) is 0. The van der Waals surface area contributed by atoms with Gasteiger partial charge in [-0.05, 0) is 55.2 Å². The zero-order valence-corrected chi connectivity index (χ0v) is 17.7. The first kappa shape index (κ1) is 25.3. The van der Waals surface area contributed by atoms with Gasteiger partial charge in [0.25, 0.3) is 0 Å². The Morgan fingerprint density at radius 2 is 1.90 bits per heavy atom. The summed E-state index contributed by atoms with van der Waals surface area (Å²) in [5, 5.41) is 0. The molecule has 0 atom stereocenters. The van der Waals surface area contributed by atoms with Gasteiger partial charge in [-0.25, -0.2) is 17.6 Å². The molecular formula is C23H30F4N2O. The van der Waals surface area contributed by atoms with E-state index < -0.39 is 31.1 Å². The Labute approximate surface area is 175 Å². The van der Waals surface area contributed by atoms with Gasteiger partial charge in [-0.3, -0.25) is 0 Å². The van der Waals surface area contributed by atoms with Crippen molar-refractivity contribution in [1.82, 2.24) is 0 Å². The number of halogens is 4. The van der Waals surface area contributed by atoms with Gasteiger partial charge in [0.1, 0.15) is 18.2 Å². The predicted molar refractivity (Wildman–Crippen MR) is 114 cm³/mol. The van der Waals surface area contributed by atoms with Gasteiger partial charge >= 0.3 is 0 Å². The number of hydrogen-bond acceptors (Lipinski definition) is 3. The SMILES string of the molecule is CC/C=C/C(=C\C(C(=C/CCC)\CC(F)F)=C(/C)N)OCc1c(F)ccc(N)c1F. The number of nitrogen functional groups attached to an aromatic ring is 1. The summed E-state index contributed by atoms with van der Waals surface area (Å²) >= 11 is 0. The van der Waals surface area contributed by atoms with Crippen LogP contribution in [0.15, 0.2) is 59.0 Å². The molecule has 30 heavy (non-hydrogen) atoms. The number of anilines is 1. The fourth-order valence-corrected chi connectivity index (χ4v) is 2.67. The molecule has 7 heteroatoms. The van der Waals surface area contributed by atoms with Crippen LogP contribution in [0.5, 0.6) is 0 Å². The molecule has 0 aliphatic heterocycles. The average molecular weight is 426 g/mol. The highest BCUT2D eigenvalue weighted by Crippen LogP contribution is 2.26. The fourth-order valence-electron chi connectivity index (χ4n) is 2.67. The molecule has 1 aromatic carbocycles. The second-order valence-electron chi connectivity index (χ2n) is 6.79. The molecule has 3 nitrogen and oxygen atoms in total. The smallest absolute Gasteiger partial charge is 0.242 e. The highest BCUT2D eigenvalue weighted by atomic mass is 19.3. The Morgan fingerprint density at radius 1 is 1.20 bits per heavy atom. The van der Waals surface area contributed by atoms with E-state index in [4.69, 9.17) is 16.2 Å². The molecule has 0 saturated heterocycles. The maximum Gasteiger partial charge on any atom is 0.242 e. The van der Waals surface area contributed by atoms with Crippen LogP contribution in [0.4, 0.5) is 23.2 Å². The van der Waals surface area contributed by atoms with Crippen molar-refractivity contribution in [2.75, 3.05) is 5.73 Å². The van der Waals surface area contributed by atoms with Crippen molar-refractivity contribution in [3.8, 4) is 0 Å². The van der Waals surface area contributed by atoms with Gasteiger partial charge in [0.15, 0.2) is 5.82 Å². The number of nitrogens with two attached hydrogens (primary N) is 2. The number of unbranched alkanes of at least 4 members (excludes halogenated alkanes) is 1. The topological polar surface area (TPSA) is 61.3 Å². The van der Waals surface area contributed by atoms with E-state index in [1.807, 2.05) is 13.8 Å². The van der Waals surface area contributed by atoms with Gasteiger partial charge in [0.2, 0.25) is 6.43 Å². The summed E-state index contributed by atoms with van der Waals surface area (Å²) in [6, 6.07) is 2.20. The lowest BCUT2D eigenvalue weighted by atomic mass is 9.98. The van der Waals surface area contributed by atoms with Gasteiger partial charge in [-0.15, -0.1) is 0 Å². The van der Waals surface area contributed by atoms with Crippen LogP contribution in [0.25, 0.3) is 0 Å². The highest BCUT2D eigenvalue weighted by molar-refractivity contribution is 5.45. The number of rotatable bonds is 11. The number of benzene rings is 1. The molecule has 0 radical (unpaired) electrons. The normalized spacial score (nSPS) is 13.9. The zero-order chi connectivity index (χ0) is 22.7. The van der Waals surface area contributed by atoms with Gasteiger partial charge in [-0.2, -0.15) is 0 Å². The molecule has 166 valence electrons. The largest absolute Gasteiger partial charge is 0.489 e. The molecule has 0 aliphatic rings. The molecule has 0 aliphatic carbocycles. The molecule has 0 aromatic heterocycles. The van der Waals surface area contributed by atoms with Crippen LogP contribution in [0, 0.1) is 11.6 Å². The minimum absolute atomic E-state index is 0.190. The molecule has 0 fully saturated rings. The van der Waals surface area contributed by atoms with Crippen LogP contribution < -0.4 is 11.5 Å². The third kappa shape index (κ3) is 7.97. The molecule has 0 heterocycles. The minimum Gasteiger partial charge on any atom is -0.489 e. The minimum atomic E-state index is -2.54. The summed E-state index contributed by atoms with van der Waals surface area (Å²) in [4.78, 5) is 0. The van der Waals surface area contributed by atoms with Crippen LogP contribution in [-0.4, -0.2) is 6.43 Å². The summed E-state index contributed by atoms with van der Waals surface area (Å²) in [6.45, 7) is 5.04. The Morgan fingerprint density at radius 3 is 2.47 bits per heavy atom. The van der Waals surface area contributed by atoms with Crippen molar-refractivity contribution in [2.24, 2.45) is 5.73 Å². The summed E-state index contributed by atoms with van der Waals surface area (Å²) in [5.41, 5.74) is 12.1. The van der Waals surface area contributed by atoms with E-state index in [2.05, 4.69) is 0 Å². The highest BCUT2D eigenvalue weighted by Gasteiger charge is 2.15. The Bertz CT molecular complexity index is 823. The van der Waals surface area contributed by atoms with Crippen molar-refractivity contribution < 1.29 is 22.3 Å². The van der Waals surface area contributed by atoms with Gasteiger partial charge in [0.05, 0.1) is 11.3 Å². The van der Waals surface area contributed by atoms with E-state index in [1.165, 1.54) is 6.08 Å². The summed E-state index contributed by atoms with van der Waals surface area (Å²) in [5.74, 6) is -1.43. The molecule has 1 aromatic rings. The number of allylic oxidation sites excluding steroid dienone is 7. The molecule has 0 unspecified atom stereocenters. The van der Waals surface area contributed by atoms with E-state index in [-0.39, 0.29) is 17.0 Å². The lowest BCUT2D eigenvalue weighted by Crippen LogP contribution is -2.06. The van der Waals surface area contributed by atoms with Crippen LogP contribution in [0.2, 0.25) is 0 Å². The molecular weight excluding hydrogens is 396 g/mol. The maximum absolute atomic E-state index is 14.2. The van der Waals surface area contributed by atoms with E-state index >= 15 is 0 Å². The lowest BCUT2D eigenvalue weighted by Gasteiger charge is -2.14.